The molecule has 4 nitrogen and oxygen atoms in total. The van der Waals surface area contributed by atoms with Gasteiger partial charge in [0.25, 0.3) is 0 Å². The van der Waals surface area contributed by atoms with Gasteiger partial charge >= 0.3 is 0 Å². The number of rotatable bonds is 4. The summed E-state index contributed by atoms with van der Waals surface area (Å²) in [5.74, 6) is 0.688. The summed E-state index contributed by atoms with van der Waals surface area (Å²) in [5.41, 5.74) is 7.25. The first-order chi connectivity index (χ1) is 7.75. The van der Waals surface area contributed by atoms with Crippen molar-refractivity contribution in [1.29, 1.82) is 0 Å². The summed E-state index contributed by atoms with van der Waals surface area (Å²) in [6.07, 6.45) is 1.72. The topological polar surface area (TPSA) is 69.4 Å². The molecule has 0 aromatic heterocycles. The van der Waals surface area contributed by atoms with Crippen LogP contribution in [0.25, 0.3) is 0 Å². The zero-order valence-corrected chi connectivity index (χ0v) is 11.5. The van der Waals surface area contributed by atoms with Crippen LogP contribution in [0.1, 0.15) is 18.1 Å². The van der Waals surface area contributed by atoms with E-state index in [9.17, 15) is 8.42 Å². The van der Waals surface area contributed by atoms with Gasteiger partial charge in [0.2, 0.25) is 0 Å². The Bertz CT molecular complexity index is 507. The SMILES string of the molecule is COc1cc(CC(C)N)c(S(C)(=O)=O)cc1C. The Balaban J connectivity index is 3.42. The first kappa shape index (κ1) is 14.0. The lowest BCUT2D eigenvalue weighted by atomic mass is 10.0. The number of hydrogen-bond acceptors (Lipinski definition) is 4. The number of nitrogens with two attached hydrogens (primary N) is 1. The van der Waals surface area contributed by atoms with Crippen molar-refractivity contribution >= 4 is 9.84 Å². The highest BCUT2D eigenvalue weighted by atomic mass is 32.2. The maximum atomic E-state index is 11.7. The van der Waals surface area contributed by atoms with Gasteiger partial charge < -0.3 is 10.5 Å². The van der Waals surface area contributed by atoms with Crippen LogP contribution in [0.4, 0.5) is 0 Å². The molecule has 0 bridgehead atoms. The lowest BCUT2D eigenvalue weighted by molar-refractivity contribution is 0.410. The molecule has 5 heteroatoms. The average molecular weight is 257 g/mol. The Morgan fingerprint density at radius 3 is 2.41 bits per heavy atom. The molecule has 17 heavy (non-hydrogen) atoms. The van der Waals surface area contributed by atoms with E-state index < -0.39 is 9.84 Å². The summed E-state index contributed by atoms with van der Waals surface area (Å²) in [5, 5.41) is 0. The van der Waals surface area contributed by atoms with Gasteiger partial charge in [-0.3, -0.25) is 0 Å². The van der Waals surface area contributed by atoms with Crippen molar-refractivity contribution in [2.45, 2.75) is 31.2 Å². The highest BCUT2D eigenvalue weighted by Gasteiger charge is 2.17. The molecule has 1 aromatic carbocycles. The lowest BCUT2D eigenvalue weighted by Crippen LogP contribution is -2.19. The van der Waals surface area contributed by atoms with E-state index in [2.05, 4.69) is 0 Å². The molecule has 0 heterocycles. The van der Waals surface area contributed by atoms with E-state index >= 15 is 0 Å². The minimum Gasteiger partial charge on any atom is -0.496 e. The number of sulfone groups is 1. The molecule has 0 fully saturated rings. The van der Waals surface area contributed by atoms with Gasteiger partial charge in [-0.1, -0.05) is 0 Å². The quantitative estimate of drug-likeness (QED) is 0.882. The van der Waals surface area contributed by atoms with Crippen molar-refractivity contribution in [1.82, 2.24) is 0 Å². The second-order valence-corrected chi connectivity index (χ2v) is 6.37. The Hall–Kier alpha value is -1.07. The van der Waals surface area contributed by atoms with Crippen molar-refractivity contribution in [3.05, 3.63) is 23.3 Å². The van der Waals surface area contributed by atoms with Crippen LogP contribution in [-0.2, 0) is 16.3 Å². The zero-order chi connectivity index (χ0) is 13.2. The van der Waals surface area contributed by atoms with E-state index in [0.717, 1.165) is 5.56 Å². The fraction of sp³-hybridized carbons (Fsp3) is 0.500. The largest absolute Gasteiger partial charge is 0.496 e. The fourth-order valence-electron chi connectivity index (χ4n) is 1.78. The average Bonchev–Trinajstić information content (AvgIpc) is 2.17. The molecule has 1 aromatic rings. The number of ether oxygens (including phenoxy) is 1. The molecular formula is C12H19NO3S. The highest BCUT2D eigenvalue weighted by Crippen LogP contribution is 2.26. The highest BCUT2D eigenvalue weighted by molar-refractivity contribution is 7.90. The van der Waals surface area contributed by atoms with Crippen LogP contribution in [0, 0.1) is 6.92 Å². The summed E-state index contributed by atoms with van der Waals surface area (Å²) < 4.78 is 28.6. The normalized spacial score (nSPS) is 13.5. The molecule has 1 unspecified atom stereocenters. The van der Waals surface area contributed by atoms with Crippen LogP contribution in [0.5, 0.6) is 5.75 Å². The summed E-state index contributed by atoms with van der Waals surface area (Å²) in [7, 11) is -1.67. The van der Waals surface area contributed by atoms with Crippen LogP contribution in [0.15, 0.2) is 17.0 Å². The number of methoxy groups -OCH3 is 1. The second-order valence-electron chi connectivity index (χ2n) is 4.38. The van der Waals surface area contributed by atoms with E-state index in [4.69, 9.17) is 10.5 Å². The maximum Gasteiger partial charge on any atom is 0.175 e. The summed E-state index contributed by atoms with van der Waals surface area (Å²) in [4.78, 5) is 0.341. The molecule has 0 saturated heterocycles. The number of hydrogen-bond donors (Lipinski definition) is 1. The molecule has 0 aliphatic carbocycles. The van der Waals surface area contributed by atoms with Crippen LogP contribution in [0.3, 0.4) is 0 Å². The molecule has 1 rings (SSSR count). The lowest BCUT2D eigenvalue weighted by Gasteiger charge is -2.14. The Morgan fingerprint density at radius 2 is 2.00 bits per heavy atom. The van der Waals surface area contributed by atoms with Crippen molar-refractivity contribution in [2.24, 2.45) is 5.73 Å². The molecule has 0 radical (unpaired) electrons. The van der Waals surface area contributed by atoms with Crippen molar-refractivity contribution in [3.8, 4) is 5.75 Å². The smallest absolute Gasteiger partial charge is 0.175 e. The van der Waals surface area contributed by atoms with Gasteiger partial charge in [0.1, 0.15) is 5.75 Å². The minimum absolute atomic E-state index is 0.0945. The maximum absolute atomic E-state index is 11.7. The Labute approximate surface area is 103 Å². The van der Waals surface area contributed by atoms with Gasteiger partial charge in [0, 0.05) is 12.3 Å². The van der Waals surface area contributed by atoms with E-state index in [0.29, 0.717) is 22.6 Å². The standard InChI is InChI=1S/C12H19NO3S/c1-8-5-12(17(4,14)15)10(6-9(2)13)7-11(8)16-3/h5,7,9H,6,13H2,1-4H3. The molecule has 0 amide bonds. The van der Waals surface area contributed by atoms with E-state index in [-0.39, 0.29) is 6.04 Å². The molecule has 0 aliphatic heterocycles. The summed E-state index contributed by atoms with van der Waals surface area (Å²) in [6.45, 7) is 3.67. The second kappa shape index (κ2) is 5.06. The van der Waals surface area contributed by atoms with Gasteiger partial charge in [-0.15, -0.1) is 0 Å². The third-order valence-corrected chi connectivity index (χ3v) is 3.70. The predicted octanol–water partition coefficient (Wildman–Crippen LogP) is 1.30. The van der Waals surface area contributed by atoms with Gasteiger partial charge in [0.15, 0.2) is 9.84 Å². The van der Waals surface area contributed by atoms with Gasteiger partial charge in [-0.05, 0) is 43.5 Å². The van der Waals surface area contributed by atoms with E-state index in [1.54, 1.807) is 19.2 Å². The van der Waals surface area contributed by atoms with Gasteiger partial charge in [-0.25, -0.2) is 8.42 Å². The summed E-state index contributed by atoms with van der Waals surface area (Å²) >= 11 is 0. The van der Waals surface area contributed by atoms with Crippen LogP contribution in [-0.4, -0.2) is 27.8 Å². The van der Waals surface area contributed by atoms with Crippen molar-refractivity contribution < 1.29 is 13.2 Å². The number of aryl methyl sites for hydroxylation is 1. The third kappa shape index (κ3) is 3.44. The van der Waals surface area contributed by atoms with Gasteiger partial charge in [-0.2, -0.15) is 0 Å². The monoisotopic (exact) mass is 257 g/mol. The first-order valence-corrected chi connectivity index (χ1v) is 7.28. The first-order valence-electron chi connectivity index (χ1n) is 5.39. The molecule has 0 spiro atoms. The number of benzene rings is 1. The van der Waals surface area contributed by atoms with Crippen LogP contribution < -0.4 is 10.5 Å². The molecule has 96 valence electrons. The summed E-state index contributed by atoms with van der Waals surface area (Å²) in [6, 6.07) is 3.31. The Kier molecular flexibility index (Phi) is 4.16. The fourth-order valence-corrected chi connectivity index (χ4v) is 2.78. The van der Waals surface area contributed by atoms with Crippen molar-refractivity contribution in [3.63, 3.8) is 0 Å². The van der Waals surface area contributed by atoms with Gasteiger partial charge in [0.05, 0.1) is 12.0 Å². The Morgan fingerprint density at radius 1 is 1.41 bits per heavy atom. The third-order valence-electron chi connectivity index (χ3n) is 2.52. The van der Waals surface area contributed by atoms with Crippen LogP contribution >= 0.6 is 0 Å². The molecule has 0 saturated carbocycles. The minimum atomic E-state index is -3.24. The predicted molar refractivity (Wildman–Crippen MR) is 68.2 cm³/mol. The van der Waals surface area contributed by atoms with E-state index in [1.807, 2.05) is 13.8 Å². The van der Waals surface area contributed by atoms with Crippen LogP contribution in [0.2, 0.25) is 0 Å². The molecular weight excluding hydrogens is 238 g/mol. The van der Waals surface area contributed by atoms with Crippen molar-refractivity contribution in [2.75, 3.05) is 13.4 Å². The zero-order valence-electron chi connectivity index (χ0n) is 10.6. The molecule has 2 N–H and O–H groups in total. The molecule has 0 aliphatic rings. The van der Waals surface area contributed by atoms with E-state index in [1.165, 1.54) is 6.26 Å². The molecule has 1 atom stereocenters.